The largest absolute Gasteiger partial charge is 2.00 e. The zero-order valence-corrected chi connectivity index (χ0v) is 30.9. The van der Waals surface area contributed by atoms with Gasteiger partial charge in [-0.2, -0.15) is 0 Å². The van der Waals surface area contributed by atoms with E-state index >= 15 is 0 Å². The smallest absolute Gasteiger partial charge is 0.338 e. The van der Waals surface area contributed by atoms with Crippen LogP contribution in [0.5, 0.6) is 0 Å². The number of hydrogen-bond donors (Lipinski definition) is 0. The SMILES string of the molecule is CC(C)(C)c1n[c-]c2c(ccc3c(C(C)(C)C)ccnc32)n1.CC(C)(C)c1n[c-]c2c(ccc3c(C(C)(C)C)ccnc32)n1.[Pt+2]. The van der Waals surface area contributed by atoms with E-state index in [2.05, 4.69) is 152 Å². The van der Waals surface area contributed by atoms with Gasteiger partial charge in [-0.05, 0) is 90.2 Å². The molecule has 0 aliphatic heterocycles. The van der Waals surface area contributed by atoms with Crippen molar-refractivity contribution >= 4 is 43.6 Å². The Balaban J connectivity index is 0.000000200. The number of hydrogen-bond acceptors (Lipinski definition) is 6. The molecule has 0 amide bonds. The third kappa shape index (κ3) is 7.07. The Kier molecular flexibility index (Phi) is 9.27. The maximum Gasteiger partial charge on any atom is 2.00 e. The van der Waals surface area contributed by atoms with Gasteiger partial charge in [0, 0.05) is 24.0 Å². The zero-order chi connectivity index (χ0) is 32.2. The summed E-state index contributed by atoms with van der Waals surface area (Å²) in [4.78, 5) is 27.4. The van der Waals surface area contributed by atoms with Gasteiger partial charge in [-0.3, -0.25) is 0 Å². The van der Waals surface area contributed by atoms with E-state index in [1.54, 1.807) is 0 Å². The molecule has 6 aromatic rings. The molecule has 0 radical (unpaired) electrons. The molecule has 0 atom stereocenters. The van der Waals surface area contributed by atoms with E-state index in [0.29, 0.717) is 0 Å². The minimum Gasteiger partial charge on any atom is -0.338 e. The van der Waals surface area contributed by atoms with Gasteiger partial charge in [-0.1, -0.05) is 118 Å². The summed E-state index contributed by atoms with van der Waals surface area (Å²) in [6.45, 7) is 26.0. The summed E-state index contributed by atoms with van der Waals surface area (Å²) in [5, 5.41) is 4.12. The van der Waals surface area contributed by atoms with Gasteiger partial charge >= 0.3 is 21.1 Å². The first-order valence-corrected chi connectivity index (χ1v) is 15.3. The normalized spacial score (nSPS) is 12.7. The average molecular weight is 780 g/mol. The van der Waals surface area contributed by atoms with Crippen LogP contribution in [-0.4, -0.2) is 29.9 Å². The minimum absolute atomic E-state index is 0. The molecule has 6 rings (SSSR count). The van der Waals surface area contributed by atoms with E-state index in [0.717, 1.165) is 55.3 Å². The van der Waals surface area contributed by atoms with Gasteiger partial charge < -0.3 is 29.9 Å². The van der Waals surface area contributed by atoms with E-state index in [4.69, 9.17) is 9.97 Å². The summed E-state index contributed by atoms with van der Waals surface area (Å²) in [5.41, 5.74) is 6.23. The van der Waals surface area contributed by atoms with E-state index in [-0.39, 0.29) is 42.7 Å². The molecule has 0 N–H and O–H groups in total. The van der Waals surface area contributed by atoms with Crippen molar-refractivity contribution in [3.05, 3.63) is 84.0 Å². The average Bonchev–Trinajstić information content (AvgIpc) is 2.94. The molecule has 2 aromatic carbocycles. The number of pyridine rings is 2. The summed E-state index contributed by atoms with van der Waals surface area (Å²) in [7, 11) is 0. The van der Waals surface area contributed by atoms with Crippen molar-refractivity contribution in [1.29, 1.82) is 0 Å². The molecule has 7 heteroatoms. The van der Waals surface area contributed by atoms with Crippen LogP contribution >= 0.6 is 0 Å². The first-order valence-electron chi connectivity index (χ1n) is 15.3. The molecule has 0 saturated heterocycles. The quantitative estimate of drug-likeness (QED) is 0.113. The van der Waals surface area contributed by atoms with E-state index in [9.17, 15) is 0 Å². The van der Waals surface area contributed by atoms with Crippen LogP contribution in [0.1, 0.15) is 106 Å². The Labute approximate surface area is 282 Å². The fourth-order valence-corrected chi connectivity index (χ4v) is 5.30. The van der Waals surface area contributed by atoms with Crippen LogP contribution in [0.4, 0.5) is 0 Å². The van der Waals surface area contributed by atoms with Crippen molar-refractivity contribution in [2.75, 3.05) is 0 Å². The predicted molar refractivity (Wildman–Crippen MR) is 182 cm³/mol. The van der Waals surface area contributed by atoms with Crippen LogP contribution in [0.15, 0.2) is 48.8 Å². The topological polar surface area (TPSA) is 77.3 Å². The van der Waals surface area contributed by atoms with Crippen molar-refractivity contribution in [2.45, 2.75) is 105 Å². The standard InChI is InChI=1S/2C19H22N3.Pt/c2*1-18(2,3)14-9-10-20-16-12(14)7-8-15-13(16)11-21-17(22-15)19(4,5)6;/h2*7-10H,1-6H3;/q2*-1;+2. The fourth-order valence-electron chi connectivity index (χ4n) is 5.30. The van der Waals surface area contributed by atoms with E-state index in [1.807, 2.05) is 12.4 Å². The molecule has 0 unspecified atom stereocenters. The molecule has 0 aliphatic rings. The maximum absolute atomic E-state index is 4.71. The maximum atomic E-state index is 4.71. The second-order valence-electron chi connectivity index (χ2n) is 15.7. The first-order chi connectivity index (χ1) is 20.4. The zero-order valence-electron chi connectivity index (χ0n) is 28.6. The van der Waals surface area contributed by atoms with Crippen molar-refractivity contribution in [1.82, 2.24) is 29.9 Å². The number of aromatic nitrogens is 6. The Bertz CT molecular complexity index is 1860. The number of benzene rings is 2. The third-order valence-electron chi connectivity index (χ3n) is 7.74. The van der Waals surface area contributed by atoms with Crippen LogP contribution in [0.3, 0.4) is 0 Å². The van der Waals surface area contributed by atoms with Crippen molar-refractivity contribution < 1.29 is 21.1 Å². The van der Waals surface area contributed by atoms with Crippen molar-refractivity contribution in [3.8, 4) is 0 Å². The van der Waals surface area contributed by atoms with Gasteiger partial charge in [0.15, 0.2) is 0 Å². The predicted octanol–water partition coefficient (Wildman–Crippen LogP) is 9.14. The molecule has 4 heterocycles. The Hall–Kier alpha value is -3.37. The van der Waals surface area contributed by atoms with Gasteiger partial charge in [0.1, 0.15) is 0 Å². The molecular weight excluding hydrogens is 736 g/mol. The minimum atomic E-state index is -0.0830. The van der Waals surface area contributed by atoms with E-state index in [1.165, 1.54) is 11.1 Å². The van der Waals surface area contributed by atoms with Crippen LogP contribution < -0.4 is 0 Å². The van der Waals surface area contributed by atoms with Gasteiger partial charge in [0.2, 0.25) is 0 Å². The van der Waals surface area contributed by atoms with Gasteiger partial charge in [-0.15, -0.1) is 0 Å². The van der Waals surface area contributed by atoms with Crippen LogP contribution in [0, 0.1) is 12.4 Å². The summed E-state index contributed by atoms with van der Waals surface area (Å²) in [6.07, 6.45) is 10.1. The van der Waals surface area contributed by atoms with Gasteiger partial charge in [0.05, 0.1) is 0 Å². The van der Waals surface area contributed by atoms with Crippen LogP contribution in [0.2, 0.25) is 0 Å². The van der Waals surface area contributed by atoms with Crippen molar-refractivity contribution in [3.63, 3.8) is 0 Å². The van der Waals surface area contributed by atoms with Crippen molar-refractivity contribution in [2.24, 2.45) is 0 Å². The molecule has 0 bridgehead atoms. The van der Waals surface area contributed by atoms with Gasteiger partial charge in [-0.25, -0.2) is 0 Å². The molecule has 236 valence electrons. The van der Waals surface area contributed by atoms with Crippen LogP contribution in [-0.2, 0) is 42.7 Å². The fraction of sp³-hybridized carbons (Fsp3) is 0.421. The Morgan fingerprint density at radius 1 is 0.467 bits per heavy atom. The number of fused-ring (bicyclic) bond motifs is 6. The van der Waals surface area contributed by atoms with Crippen LogP contribution in [0.25, 0.3) is 43.6 Å². The summed E-state index contributed by atoms with van der Waals surface area (Å²) in [6, 6.07) is 12.6. The second kappa shape index (κ2) is 12.1. The molecule has 0 aliphatic carbocycles. The molecule has 6 nitrogen and oxygen atoms in total. The number of nitrogens with zero attached hydrogens (tertiary/aromatic N) is 6. The number of rotatable bonds is 0. The summed E-state index contributed by atoms with van der Waals surface area (Å²) >= 11 is 0. The van der Waals surface area contributed by atoms with E-state index < -0.39 is 0 Å². The summed E-state index contributed by atoms with van der Waals surface area (Å²) < 4.78 is 0. The Morgan fingerprint density at radius 2 is 0.822 bits per heavy atom. The monoisotopic (exact) mass is 779 g/mol. The molecule has 4 aromatic heterocycles. The molecular formula is C38H44N6Pt. The Morgan fingerprint density at radius 3 is 1.13 bits per heavy atom. The molecule has 0 fully saturated rings. The van der Waals surface area contributed by atoms with Gasteiger partial charge in [0.25, 0.3) is 0 Å². The third-order valence-corrected chi connectivity index (χ3v) is 7.74. The molecule has 0 saturated carbocycles. The molecule has 45 heavy (non-hydrogen) atoms. The second-order valence-corrected chi connectivity index (χ2v) is 15.7. The first kappa shape index (κ1) is 34.5. The molecule has 0 spiro atoms. The summed E-state index contributed by atoms with van der Waals surface area (Å²) in [5.74, 6) is 1.62.